The maximum atomic E-state index is 12.7. The van der Waals surface area contributed by atoms with Crippen LogP contribution in [-0.2, 0) is 4.79 Å². The van der Waals surface area contributed by atoms with Crippen molar-refractivity contribution in [3.05, 3.63) is 68.2 Å². The molecule has 1 N–H and O–H groups in total. The summed E-state index contributed by atoms with van der Waals surface area (Å²) in [5.41, 5.74) is 0.227. The van der Waals surface area contributed by atoms with Gasteiger partial charge in [-0.25, -0.2) is 0 Å². The molecular formula is C18H14ClN3O5. The number of rotatable bonds is 4. The number of carbonyl (C=O) groups is 3. The predicted octanol–water partition coefficient (Wildman–Crippen LogP) is 3.18. The molecule has 0 radical (unpaired) electrons. The molecule has 0 saturated heterocycles. The minimum Gasteiger partial charge on any atom is -0.324 e. The van der Waals surface area contributed by atoms with Gasteiger partial charge in [-0.05, 0) is 37.6 Å². The van der Waals surface area contributed by atoms with Crippen LogP contribution in [-0.4, -0.2) is 33.6 Å². The second-order valence-electron chi connectivity index (χ2n) is 6.01. The standard InChI is InChI=1S/C18H14ClN3O5/c1-9-12(19)6-4-7-13(9)20-16(23)10(2)21-17(24)11-5-3-8-14(22(26)27)15(11)18(21)25/h3-8,10H,1-2H3,(H,20,23). The van der Waals surface area contributed by atoms with Gasteiger partial charge in [0.1, 0.15) is 11.6 Å². The van der Waals surface area contributed by atoms with Crippen molar-refractivity contribution >= 4 is 40.7 Å². The quantitative estimate of drug-likeness (QED) is 0.492. The van der Waals surface area contributed by atoms with Crippen molar-refractivity contribution < 1.29 is 19.3 Å². The van der Waals surface area contributed by atoms with E-state index in [1.54, 1.807) is 25.1 Å². The molecule has 0 aliphatic carbocycles. The number of hydrogen-bond donors (Lipinski definition) is 1. The Labute approximate surface area is 158 Å². The summed E-state index contributed by atoms with van der Waals surface area (Å²) >= 11 is 6.02. The molecule has 0 aromatic heterocycles. The Morgan fingerprint density at radius 1 is 1.19 bits per heavy atom. The highest BCUT2D eigenvalue weighted by Gasteiger charge is 2.44. The number of benzene rings is 2. The number of carbonyl (C=O) groups excluding carboxylic acids is 3. The first-order valence-corrected chi connectivity index (χ1v) is 8.33. The number of nitro benzene ring substituents is 1. The summed E-state index contributed by atoms with van der Waals surface area (Å²) in [6.07, 6.45) is 0. The molecular weight excluding hydrogens is 374 g/mol. The Bertz CT molecular complexity index is 1000. The minimum absolute atomic E-state index is 0.0900. The Hall–Kier alpha value is -3.26. The van der Waals surface area contributed by atoms with Crippen molar-refractivity contribution in [1.82, 2.24) is 4.90 Å². The monoisotopic (exact) mass is 387 g/mol. The highest BCUT2D eigenvalue weighted by atomic mass is 35.5. The Morgan fingerprint density at radius 2 is 1.85 bits per heavy atom. The normalized spacial score (nSPS) is 14.1. The molecule has 1 heterocycles. The minimum atomic E-state index is -1.17. The third-order valence-corrected chi connectivity index (χ3v) is 4.82. The van der Waals surface area contributed by atoms with Gasteiger partial charge >= 0.3 is 0 Å². The van der Waals surface area contributed by atoms with E-state index in [-0.39, 0.29) is 11.1 Å². The van der Waals surface area contributed by atoms with Crippen LogP contribution in [0.5, 0.6) is 0 Å². The van der Waals surface area contributed by atoms with E-state index in [2.05, 4.69) is 5.32 Å². The van der Waals surface area contributed by atoms with Crippen molar-refractivity contribution in [2.75, 3.05) is 5.32 Å². The molecule has 1 aliphatic heterocycles. The molecule has 138 valence electrons. The molecule has 27 heavy (non-hydrogen) atoms. The van der Waals surface area contributed by atoms with E-state index in [1.807, 2.05) is 0 Å². The summed E-state index contributed by atoms with van der Waals surface area (Å²) in [6.45, 7) is 3.09. The lowest BCUT2D eigenvalue weighted by molar-refractivity contribution is -0.385. The fourth-order valence-corrected chi connectivity index (χ4v) is 3.06. The highest BCUT2D eigenvalue weighted by molar-refractivity contribution is 6.31. The second kappa shape index (κ2) is 6.81. The fraction of sp³-hybridized carbons (Fsp3) is 0.167. The molecule has 9 heteroatoms. The molecule has 2 aromatic carbocycles. The molecule has 1 aliphatic rings. The fourth-order valence-electron chi connectivity index (χ4n) is 2.89. The van der Waals surface area contributed by atoms with Gasteiger partial charge in [0.25, 0.3) is 17.5 Å². The zero-order valence-electron chi connectivity index (χ0n) is 14.4. The predicted molar refractivity (Wildman–Crippen MR) is 97.9 cm³/mol. The number of fused-ring (bicyclic) bond motifs is 1. The molecule has 3 rings (SSSR count). The van der Waals surface area contributed by atoms with Gasteiger partial charge in [-0.3, -0.25) is 29.4 Å². The van der Waals surface area contributed by atoms with Crippen LogP contribution in [0.25, 0.3) is 0 Å². The molecule has 2 aromatic rings. The van der Waals surface area contributed by atoms with Crippen molar-refractivity contribution in [1.29, 1.82) is 0 Å². The molecule has 0 bridgehead atoms. The van der Waals surface area contributed by atoms with E-state index in [0.29, 0.717) is 16.3 Å². The topological polar surface area (TPSA) is 110 Å². The molecule has 0 spiro atoms. The summed E-state index contributed by atoms with van der Waals surface area (Å²) in [5, 5.41) is 14.3. The van der Waals surface area contributed by atoms with Crippen molar-refractivity contribution in [3.8, 4) is 0 Å². The summed E-state index contributed by atoms with van der Waals surface area (Å²) in [7, 11) is 0. The maximum absolute atomic E-state index is 12.7. The van der Waals surface area contributed by atoms with E-state index >= 15 is 0 Å². The third kappa shape index (κ3) is 3.04. The lowest BCUT2D eigenvalue weighted by Crippen LogP contribution is -2.45. The summed E-state index contributed by atoms with van der Waals surface area (Å²) in [4.78, 5) is 49.0. The first-order chi connectivity index (χ1) is 12.7. The lowest BCUT2D eigenvalue weighted by atomic mass is 10.1. The molecule has 0 fully saturated rings. The van der Waals surface area contributed by atoms with Crippen LogP contribution in [0.3, 0.4) is 0 Å². The largest absolute Gasteiger partial charge is 0.324 e. The van der Waals surface area contributed by atoms with E-state index in [9.17, 15) is 24.5 Å². The average molecular weight is 388 g/mol. The van der Waals surface area contributed by atoms with Crippen LogP contribution in [0.2, 0.25) is 5.02 Å². The summed E-state index contributed by atoms with van der Waals surface area (Å²) < 4.78 is 0. The van der Waals surface area contributed by atoms with Crippen molar-refractivity contribution in [2.45, 2.75) is 19.9 Å². The van der Waals surface area contributed by atoms with Crippen molar-refractivity contribution in [3.63, 3.8) is 0 Å². The van der Waals surface area contributed by atoms with Gasteiger partial charge < -0.3 is 5.32 Å². The van der Waals surface area contributed by atoms with Crippen LogP contribution in [0.4, 0.5) is 11.4 Å². The van der Waals surface area contributed by atoms with Gasteiger partial charge in [-0.15, -0.1) is 0 Å². The first-order valence-electron chi connectivity index (χ1n) is 7.95. The van der Waals surface area contributed by atoms with Crippen LogP contribution in [0.1, 0.15) is 33.2 Å². The van der Waals surface area contributed by atoms with Gasteiger partial charge in [-0.1, -0.05) is 23.7 Å². The van der Waals surface area contributed by atoms with E-state index in [1.165, 1.54) is 19.1 Å². The zero-order valence-corrected chi connectivity index (χ0v) is 15.1. The molecule has 3 amide bonds. The molecule has 1 unspecified atom stereocenters. The number of nitro groups is 1. The molecule has 0 saturated carbocycles. The Kier molecular flexibility index (Phi) is 4.67. The number of nitrogens with one attached hydrogen (secondary N) is 1. The van der Waals surface area contributed by atoms with Crippen LogP contribution in [0, 0.1) is 17.0 Å². The summed E-state index contributed by atoms with van der Waals surface area (Å²) in [6, 6.07) is 7.59. The first kappa shape index (κ1) is 18.5. The van der Waals surface area contributed by atoms with Gasteiger partial charge in [-0.2, -0.15) is 0 Å². The second-order valence-corrected chi connectivity index (χ2v) is 6.42. The highest BCUT2D eigenvalue weighted by Crippen LogP contribution is 2.32. The van der Waals surface area contributed by atoms with Crippen LogP contribution < -0.4 is 5.32 Å². The van der Waals surface area contributed by atoms with Gasteiger partial charge in [0, 0.05) is 16.8 Å². The van der Waals surface area contributed by atoms with E-state index in [0.717, 1.165) is 11.0 Å². The van der Waals surface area contributed by atoms with Gasteiger partial charge in [0.15, 0.2) is 0 Å². The number of nitrogens with zero attached hydrogens (tertiary/aromatic N) is 2. The lowest BCUT2D eigenvalue weighted by Gasteiger charge is -2.22. The third-order valence-electron chi connectivity index (χ3n) is 4.41. The number of hydrogen-bond acceptors (Lipinski definition) is 5. The van der Waals surface area contributed by atoms with Gasteiger partial charge in [0.05, 0.1) is 10.5 Å². The number of halogens is 1. The van der Waals surface area contributed by atoms with Crippen molar-refractivity contribution in [2.24, 2.45) is 0 Å². The van der Waals surface area contributed by atoms with Crippen LogP contribution >= 0.6 is 11.6 Å². The summed E-state index contributed by atoms with van der Waals surface area (Å²) in [5.74, 6) is -2.23. The molecule has 1 atom stereocenters. The number of anilines is 1. The number of imide groups is 1. The molecule has 8 nitrogen and oxygen atoms in total. The Balaban J connectivity index is 1.90. The smallest absolute Gasteiger partial charge is 0.282 e. The SMILES string of the molecule is Cc1c(Cl)cccc1NC(=O)C(C)N1C(=O)c2cccc([N+](=O)[O-])c2C1=O. The van der Waals surface area contributed by atoms with E-state index < -0.39 is 34.4 Å². The average Bonchev–Trinajstić information content (AvgIpc) is 2.89. The van der Waals surface area contributed by atoms with Gasteiger partial charge in [0.2, 0.25) is 5.91 Å². The maximum Gasteiger partial charge on any atom is 0.282 e. The Morgan fingerprint density at radius 3 is 2.52 bits per heavy atom. The van der Waals surface area contributed by atoms with E-state index in [4.69, 9.17) is 11.6 Å². The number of amides is 3. The van der Waals surface area contributed by atoms with Crippen LogP contribution in [0.15, 0.2) is 36.4 Å². The zero-order chi connectivity index (χ0) is 19.9.